The average Bonchev–Trinajstić information content (AvgIpc) is 2.79. The zero-order valence-corrected chi connectivity index (χ0v) is 27.7. The highest BCUT2D eigenvalue weighted by Crippen LogP contribution is 2.42. The monoisotopic (exact) mass is 545 g/mol. The van der Waals surface area contributed by atoms with Crippen LogP contribution in [0.1, 0.15) is 87.1 Å². The van der Waals surface area contributed by atoms with Crippen LogP contribution < -0.4 is 5.32 Å². The van der Waals surface area contributed by atoms with Gasteiger partial charge in [-0.3, -0.25) is 4.79 Å². The number of carbonyl (C=O) groups excluding carboxylic acids is 1. The molecule has 0 fully saturated rings. The van der Waals surface area contributed by atoms with Crippen molar-refractivity contribution in [1.82, 2.24) is 5.32 Å². The highest BCUT2D eigenvalue weighted by atomic mass is 28.4. The van der Waals surface area contributed by atoms with Crippen LogP contribution in [0.4, 0.5) is 0 Å². The van der Waals surface area contributed by atoms with Crippen LogP contribution in [-0.4, -0.2) is 41.7 Å². The second-order valence-corrected chi connectivity index (χ2v) is 23.1. The van der Waals surface area contributed by atoms with Crippen molar-refractivity contribution in [2.45, 2.75) is 129 Å². The quantitative estimate of drug-likeness (QED) is 0.105. The van der Waals surface area contributed by atoms with E-state index in [4.69, 9.17) is 8.85 Å². The number of nitrogens with one attached hydrogen (secondary N) is 1. The Morgan fingerprint density at radius 3 is 2.03 bits per heavy atom. The molecule has 0 amide bonds. The fraction of sp³-hybridized carbons (Fsp3) is 0.710. The first-order valence-electron chi connectivity index (χ1n) is 14.2. The van der Waals surface area contributed by atoms with Crippen LogP contribution in [0.2, 0.25) is 34.8 Å². The lowest BCUT2D eigenvalue weighted by Crippen LogP contribution is -2.47. The highest BCUT2D eigenvalue weighted by Gasteiger charge is 2.44. The minimum Gasteiger partial charge on any atom is -0.416 e. The van der Waals surface area contributed by atoms with Gasteiger partial charge in [-0.05, 0) is 52.7 Å². The van der Waals surface area contributed by atoms with Crippen molar-refractivity contribution in [3.63, 3.8) is 0 Å². The highest BCUT2D eigenvalue weighted by molar-refractivity contribution is 6.77. The molecule has 0 aliphatic heterocycles. The molecule has 0 aromatic heterocycles. The van der Waals surface area contributed by atoms with Gasteiger partial charge in [0.15, 0.2) is 16.6 Å². The van der Waals surface area contributed by atoms with E-state index >= 15 is 0 Å². The topological polar surface area (TPSA) is 47.6 Å². The van der Waals surface area contributed by atoms with Crippen LogP contribution >= 0.6 is 0 Å². The fourth-order valence-electron chi connectivity index (χ4n) is 4.92. The lowest BCUT2D eigenvalue weighted by molar-refractivity contribution is -0.114. The van der Waals surface area contributed by atoms with E-state index in [2.05, 4.69) is 105 Å². The first kappa shape index (κ1) is 33.8. The van der Waals surface area contributed by atoms with Gasteiger partial charge in [-0.15, -0.1) is 0 Å². The second-order valence-electron chi connectivity index (χ2n) is 12.8. The molecule has 1 atom stereocenters. The predicted octanol–water partition coefficient (Wildman–Crippen LogP) is 8.10. The van der Waals surface area contributed by atoms with E-state index in [-0.39, 0.29) is 16.9 Å². The smallest absolute Gasteiger partial charge is 0.207 e. The summed E-state index contributed by atoms with van der Waals surface area (Å²) in [6.45, 7) is 27.0. The van der Waals surface area contributed by atoms with E-state index < -0.39 is 16.6 Å². The maximum absolute atomic E-state index is 12.8. The Bertz CT molecular complexity index is 842. The van der Waals surface area contributed by atoms with Crippen LogP contribution in [0.25, 0.3) is 0 Å². The van der Waals surface area contributed by atoms with Gasteiger partial charge in [-0.2, -0.15) is 0 Å². The number of ketones is 1. The van der Waals surface area contributed by atoms with Gasteiger partial charge < -0.3 is 14.2 Å². The van der Waals surface area contributed by atoms with Crippen molar-refractivity contribution in [3.8, 4) is 11.8 Å². The summed E-state index contributed by atoms with van der Waals surface area (Å²) in [6.07, 6.45) is 1.91. The maximum atomic E-state index is 12.8. The van der Waals surface area contributed by atoms with Crippen molar-refractivity contribution in [3.05, 3.63) is 35.9 Å². The summed E-state index contributed by atoms with van der Waals surface area (Å²) < 4.78 is 13.1. The molecule has 0 saturated carbocycles. The van der Waals surface area contributed by atoms with Gasteiger partial charge in [-0.1, -0.05) is 98.6 Å². The van der Waals surface area contributed by atoms with Crippen molar-refractivity contribution in [1.29, 1.82) is 0 Å². The summed E-state index contributed by atoms with van der Waals surface area (Å²) in [5, 5.41) is 3.67. The molecule has 210 valence electrons. The lowest BCUT2D eigenvalue weighted by atomic mass is 10.1. The molecule has 4 nitrogen and oxygen atoms in total. The molecule has 1 N–H and O–H groups in total. The largest absolute Gasteiger partial charge is 0.416 e. The number of unbranched alkanes of at least 4 members (excludes halogenated alkanes) is 1. The van der Waals surface area contributed by atoms with Crippen molar-refractivity contribution >= 4 is 22.4 Å². The Hall–Kier alpha value is -1.24. The van der Waals surface area contributed by atoms with E-state index in [9.17, 15) is 4.79 Å². The fourth-order valence-corrected chi connectivity index (χ4v) is 11.5. The summed E-state index contributed by atoms with van der Waals surface area (Å²) in [7, 11) is -3.75. The molecule has 1 rings (SSSR count). The average molecular weight is 546 g/mol. The van der Waals surface area contributed by atoms with E-state index in [1.54, 1.807) is 0 Å². The van der Waals surface area contributed by atoms with E-state index in [0.717, 1.165) is 13.0 Å². The lowest BCUT2D eigenvalue weighted by Gasteiger charge is -2.42. The summed E-state index contributed by atoms with van der Waals surface area (Å²) in [5.41, 5.74) is 2.93. The third-order valence-electron chi connectivity index (χ3n) is 8.05. The Morgan fingerprint density at radius 1 is 0.946 bits per heavy atom. The molecule has 1 aromatic rings. The SMILES string of the molecule is CC(C)[Si](OCCCC#CC(=O)C[C@H](CO[Si](C)(C)C(C)(C)C)NCc1ccccc1)(C(C)C)C(C)C. The van der Waals surface area contributed by atoms with E-state index in [0.29, 0.717) is 42.6 Å². The van der Waals surface area contributed by atoms with Crippen LogP contribution in [-0.2, 0) is 20.2 Å². The molecule has 0 bridgehead atoms. The third kappa shape index (κ3) is 10.8. The molecule has 1 aromatic carbocycles. The molecule has 0 aliphatic rings. The molecule has 0 saturated heterocycles. The van der Waals surface area contributed by atoms with Crippen LogP contribution in [0.15, 0.2) is 30.3 Å². The Morgan fingerprint density at radius 2 is 1.51 bits per heavy atom. The Kier molecular flexibility index (Phi) is 14.0. The zero-order chi connectivity index (χ0) is 28.3. The van der Waals surface area contributed by atoms with Gasteiger partial charge in [0.2, 0.25) is 5.78 Å². The normalized spacial score (nSPS) is 13.7. The standard InChI is InChI=1S/C31H55NO3Si2/c1-25(2)37(26(3)4,27(5)6)34-21-17-13-16-20-30(33)22-29(24-35-36(10,11)31(7,8)9)32-23-28-18-14-12-15-19-28/h12,14-15,18-19,25-27,29,32H,13,17,21-24H2,1-11H3/t29-/m1/s1. The Balaban J connectivity index is 2.69. The van der Waals surface area contributed by atoms with Crippen LogP contribution in [0, 0.1) is 11.8 Å². The van der Waals surface area contributed by atoms with Crippen molar-refractivity contribution in [2.24, 2.45) is 0 Å². The van der Waals surface area contributed by atoms with Gasteiger partial charge in [0.05, 0.1) is 0 Å². The minimum absolute atomic E-state index is 0.0272. The van der Waals surface area contributed by atoms with E-state index in [1.165, 1.54) is 5.56 Å². The third-order valence-corrected chi connectivity index (χ3v) is 18.7. The first-order chi connectivity index (χ1) is 17.1. The minimum atomic E-state index is -1.91. The number of benzene rings is 1. The number of Topliss-reactive ketones (excluding diaryl/α,β-unsaturated/α-hetero) is 1. The maximum Gasteiger partial charge on any atom is 0.207 e. The molecular weight excluding hydrogens is 491 g/mol. The number of hydrogen-bond donors (Lipinski definition) is 1. The number of hydrogen-bond acceptors (Lipinski definition) is 4. The van der Waals surface area contributed by atoms with Gasteiger partial charge in [0, 0.05) is 38.6 Å². The summed E-state index contributed by atoms with van der Waals surface area (Å²) >= 11 is 0. The molecule has 37 heavy (non-hydrogen) atoms. The first-order valence-corrected chi connectivity index (χ1v) is 19.2. The predicted molar refractivity (Wildman–Crippen MR) is 164 cm³/mol. The molecular formula is C31H55NO3Si2. The van der Waals surface area contributed by atoms with Gasteiger partial charge >= 0.3 is 0 Å². The summed E-state index contributed by atoms with van der Waals surface area (Å²) in [4.78, 5) is 12.8. The van der Waals surface area contributed by atoms with Crippen LogP contribution in [0.5, 0.6) is 0 Å². The molecule has 0 heterocycles. The molecule has 0 spiro atoms. The summed E-state index contributed by atoms with van der Waals surface area (Å²) in [5.74, 6) is 5.97. The summed E-state index contributed by atoms with van der Waals surface area (Å²) in [6, 6.07) is 10.2. The van der Waals surface area contributed by atoms with E-state index in [1.807, 2.05) is 18.2 Å². The van der Waals surface area contributed by atoms with Crippen molar-refractivity contribution < 1.29 is 13.6 Å². The molecule has 6 heteroatoms. The number of rotatable bonds is 15. The number of carbonyl (C=O) groups is 1. The Labute approximate surface area is 231 Å². The molecule has 0 radical (unpaired) electrons. The zero-order valence-electron chi connectivity index (χ0n) is 25.7. The molecule has 0 unspecified atom stereocenters. The van der Waals surface area contributed by atoms with Gasteiger partial charge in [0.25, 0.3) is 0 Å². The molecule has 0 aliphatic carbocycles. The van der Waals surface area contributed by atoms with Gasteiger partial charge in [0.1, 0.15) is 0 Å². The van der Waals surface area contributed by atoms with Gasteiger partial charge in [-0.25, -0.2) is 0 Å². The second kappa shape index (κ2) is 15.4. The van der Waals surface area contributed by atoms with Crippen LogP contribution in [0.3, 0.4) is 0 Å². The van der Waals surface area contributed by atoms with Crippen molar-refractivity contribution in [2.75, 3.05) is 13.2 Å².